The van der Waals surface area contributed by atoms with Gasteiger partial charge in [-0.05, 0) is 30.5 Å². The molecule has 0 spiro atoms. The van der Waals surface area contributed by atoms with E-state index in [1.165, 1.54) is 12.8 Å². The maximum atomic E-state index is 8.68. The average molecular weight is 229 g/mol. The number of guanidine groups is 1. The number of hydrogen-bond donors (Lipinski definition) is 3. The predicted octanol–water partition coefficient (Wildman–Crippen LogP) is 0.630. The largest absolute Gasteiger partial charge is 0.353 e. The number of aliphatic imine (C=N–C) groups is 1. The third kappa shape index (κ3) is 3.47. The first-order chi connectivity index (χ1) is 8.31. The second-order valence-electron chi connectivity index (χ2n) is 4.04. The van der Waals surface area contributed by atoms with Gasteiger partial charge in [-0.3, -0.25) is 5.43 Å². The van der Waals surface area contributed by atoms with E-state index in [4.69, 9.17) is 11.1 Å². The Balaban J connectivity index is 1.94. The van der Waals surface area contributed by atoms with Crippen LogP contribution in [0.5, 0.6) is 0 Å². The van der Waals surface area contributed by atoms with Crippen LogP contribution in [0.25, 0.3) is 0 Å². The van der Waals surface area contributed by atoms with E-state index in [1.54, 1.807) is 12.1 Å². The van der Waals surface area contributed by atoms with Crippen LogP contribution in [-0.2, 0) is 6.54 Å². The molecule has 1 aromatic carbocycles. The van der Waals surface area contributed by atoms with Crippen LogP contribution < -0.4 is 16.6 Å². The van der Waals surface area contributed by atoms with E-state index in [1.807, 2.05) is 12.1 Å². The minimum absolute atomic E-state index is 0.519. The van der Waals surface area contributed by atoms with Crippen molar-refractivity contribution in [1.82, 2.24) is 10.7 Å². The van der Waals surface area contributed by atoms with Gasteiger partial charge in [0.1, 0.15) is 0 Å². The Morgan fingerprint density at radius 2 is 2.12 bits per heavy atom. The van der Waals surface area contributed by atoms with Gasteiger partial charge in [0.05, 0.1) is 18.2 Å². The molecule has 17 heavy (non-hydrogen) atoms. The molecule has 0 atom stereocenters. The summed E-state index contributed by atoms with van der Waals surface area (Å²) in [5, 5.41) is 11.9. The van der Waals surface area contributed by atoms with Gasteiger partial charge < -0.3 is 5.32 Å². The molecule has 0 heterocycles. The molecule has 0 amide bonds. The summed E-state index contributed by atoms with van der Waals surface area (Å²) >= 11 is 0. The lowest BCUT2D eigenvalue weighted by Crippen LogP contribution is -2.42. The zero-order valence-electron chi connectivity index (χ0n) is 9.48. The predicted molar refractivity (Wildman–Crippen MR) is 65.8 cm³/mol. The van der Waals surface area contributed by atoms with Gasteiger partial charge in [-0.2, -0.15) is 5.26 Å². The van der Waals surface area contributed by atoms with E-state index in [9.17, 15) is 0 Å². The fraction of sp³-hybridized carbons (Fsp3) is 0.333. The lowest BCUT2D eigenvalue weighted by atomic mass is 10.1. The number of nitrogens with zero attached hydrogens (tertiary/aromatic N) is 2. The Labute approximate surface area is 100 Å². The lowest BCUT2D eigenvalue weighted by Gasteiger charge is -2.07. The molecule has 0 aliphatic heterocycles. The Morgan fingerprint density at radius 1 is 1.41 bits per heavy atom. The van der Waals surface area contributed by atoms with Crippen LogP contribution in [0.4, 0.5) is 0 Å². The van der Waals surface area contributed by atoms with Gasteiger partial charge in [0.25, 0.3) is 0 Å². The van der Waals surface area contributed by atoms with E-state index in [0.29, 0.717) is 24.1 Å². The molecule has 5 heteroatoms. The van der Waals surface area contributed by atoms with Crippen LogP contribution in [-0.4, -0.2) is 12.0 Å². The number of hydrogen-bond acceptors (Lipinski definition) is 3. The van der Waals surface area contributed by atoms with E-state index in [-0.39, 0.29) is 0 Å². The summed E-state index contributed by atoms with van der Waals surface area (Å²) in [6, 6.07) is 9.97. The van der Waals surface area contributed by atoms with Gasteiger partial charge in [0, 0.05) is 6.04 Å². The molecule has 0 bridgehead atoms. The SMILES string of the molecule is N#Cc1ccc(CN=C(NN)NC2CC2)cc1. The van der Waals surface area contributed by atoms with E-state index < -0.39 is 0 Å². The second-order valence-corrected chi connectivity index (χ2v) is 4.04. The maximum Gasteiger partial charge on any atom is 0.206 e. The number of nitrogens with two attached hydrogens (primary N) is 1. The highest BCUT2D eigenvalue weighted by Gasteiger charge is 2.21. The summed E-state index contributed by atoms with van der Waals surface area (Å²) in [5.41, 5.74) is 4.26. The molecule has 1 aromatic rings. The minimum Gasteiger partial charge on any atom is -0.353 e. The molecule has 0 saturated heterocycles. The molecule has 2 rings (SSSR count). The van der Waals surface area contributed by atoms with Crippen molar-refractivity contribution in [3.8, 4) is 6.07 Å². The number of rotatable bonds is 3. The van der Waals surface area contributed by atoms with E-state index >= 15 is 0 Å². The molecule has 0 radical (unpaired) electrons. The van der Waals surface area contributed by atoms with Crippen molar-refractivity contribution in [2.75, 3.05) is 0 Å². The Morgan fingerprint density at radius 3 is 2.65 bits per heavy atom. The molecular weight excluding hydrogens is 214 g/mol. The van der Waals surface area contributed by atoms with Crippen LogP contribution in [0.2, 0.25) is 0 Å². The van der Waals surface area contributed by atoms with Gasteiger partial charge in [0.2, 0.25) is 5.96 Å². The number of nitrogens with one attached hydrogen (secondary N) is 2. The van der Waals surface area contributed by atoms with Gasteiger partial charge in [-0.25, -0.2) is 10.8 Å². The molecular formula is C12H15N5. The van der Waals surface area contributed by atoms with E-state index in [0.717, 1.165) is 5.56 Å². The van der Waals surface area contributed by atoms with Crippen molar-refractivity contribution in [1.29, 1.82) is 5.26 Å². The zero-order valence-corrected chi connectivity index (χ0v) is 9.48. The van der Waals surface area contributed by atoms with Crippen molar-refractivity contribution >= 4 is 5.96 Å². The van der Waals surface area contributed by atoms with Crippen LogP contribution in [0.3, 0.4) is 0 Å². The third-order valence-corrected chi connectivity index (χ3v) is 2.56. The fourth-order valence-corrected chi connectivity index (χ4v) is 1.41. The normalized spacial score (nSPS) is 15.2. The molecule has 1 fully saturated rings. The smallest absolute Gasteiger partial charge is 0.206 e. The zero-order chi connectivity index (χ0) is 12.1. The molecule has 5 nitrogen and oxygen atoms in total. The molecule has 0 aromatic heterocycles. The van der Waals surface area contributed by atoms with Crippen LogP contribution in [0.1, 0.15) is 24.0 Å². The first kappa shape index (κ1) is 11.4. The first-order valence-corrected chi connectivity index (χ1v) is 5.58. The van der Waals surface area contributed by atoms with Crippen molar-refractivity contribution in [3.63, 3.8) is 0 Å². The van der Waals surface area contributed by atoms with Gasteiger partial charge in [0.15, 0.2) is 0 Å². The number of hydrazine groups is 1. The summed E-state index contributed by atoms with van der Waals surface area (Å²) in [6.07, 6.45) is 2.36. The molecule has 0 unspecified atom stereocenters. The number of benzene rings is 1. The highest BCUT2D eigenvalue weighted by Crippen LogP contribution is 2.18. The molecule has 4 N–H and O–H groups in total. The van der Waals surface area contributed by atoms with Gasteiger partial charge in [-0.15, -0.1) is 0 Å². The minimum atomic E-state index is 0.519. The first-order valence-electron chi connectivity index (χ1n) is 5.58. The van der Waals surface area contributed by atoms with E-state index in [2.05, 4.69) is 21.8 Å². The summed E-state index contributed by atoms with van der Waals surface area (Å²) < 4.78 is 0. The Hall–Kier alpha value is -2.06. The highest BCUT2D eigenvalue weighted by molar-refractivity contribution is 5.79. The Bertz CT molecular complexity index is 439. The molecule has 1 aliphatic carbocycles. The van der Waals surface area contributed by atoms with Crippen LogP contribution >= 0.6 is 0 Å². The molecule has 88 valence electrons. The maximum absolute atomic E-state index is 8.68. The summed E-state index contributed by atoms with van der Waals surface area (Å²) in [6.45, 7) is 0.547. The van der Waals surface area contributed by atoms with Crippen molar-refractivity contribution in [3.05, 3.63) is 35.4 Å². The van der Waals surface area contributed by atoms with Gasteiger partial charge in [-0.1, -0.05) is 12.1 Å². The lowest BCUT2D eigenvalue weighted by molar-refractivity contribution is 0.821. The standard InChI is InChI=1S/C12H15N5/c13-7-9-1-3-10(4-2-9)8-15-12(17-14)16-11-5-6-11/h1-4,11H,5-6,8,14H2,(H2,15,16,17). The monoisotopic (exact) mass is 229 g/mol. The van der Waals surface area contributed by atoms with Crippen molar-refractivity contribution < 1.29 is 0 Å². The summed E-state index contributed by atoms with van der Waals surface area (Å²) in [7, 11) is 0. The van der Waals surface area contributed by atoms with Gasteiger partial charge >= 0.3 is 0 Å². The topological polar surface area (TPSA) is 86.2 Å². The second kappa shape index (κ2) is 5.32. The molecule has 1 saturated carbocycles. The average Bonchev–Trinajstić information content (AvgIpc) is 3.19. The third-order valence-electron chi connectivity index (χ3n) is 2.56. The van der Waals surface area contributed by atoms with Crippen LogP contribution in [0, 0.1) is 11.3 Å². The van der Waals surface area contributed by atoms with Crippen molar-refractivity contribution in [2.24, 2.45) is 10.8 Å². The van der Waals surface area contributed by atoms with Crippen LogP contribution in [0.15, 0.2) is 29.3 Å². The highest BCUT2D eigenvalue weighted by atomic mass is 15.3. The Kier molecular flexibility index (Phi) is 3.58. The van der Waals surface area contributed by atoms with Crippen molar-refractivity contribution in [2.45, 2.75) is 25.4 Å². The number of nitriles is 1. The summed E-state index contributed by atoms with van der Waals surface area (Å²) in [5.74, 6) is 5.99. The quantitative estimate of drug-likeness (QED) is 0.307. The molecule has 1 aliphatic rings. The summed E-state index contributed by atoms with van der Waals surface area (Å²) in [4.78, 5) is 4.33. The fourth-order valence-electron chi connectivity index (χ4n) is 1.41.